The summed E-state index contributed by atoms with van der Waals surface area (Å²) in [6.45, 7) is 5.52. The Morgan fingerprint density at radius 2 is 1.82 bits per heavy atom. The molecule has 1 amide bonds. The summed E-state index contributed by atoms with van der Waals surface area (Å²) >= 11 is 5.78. The number of alkyl halides is 3. The second kappa shape index (κ2) is 7.09. The molecule has 2 aromatic rings. The van der Waals surface area contributed by atoms with Crippen LogP contribution in [0.2, 0.25) is 5.02 Å². The molecule has 0 aromatic heterocycles. The van der Waals surface area contributed by atoms with E-state index >= 15 is 0 Å². The maximum Gasteiger partial charge on any atom is 0.492 e. The first-order valence-corrected chi connectivity index (χ1v) is 8.73. The topological polar surface area (TPSA) is 56.8 Å². The minimum Gasteiger partial charge on any atom is -0.424 e. The van der Waals surface area contributed by atoms with E-state index in [1.165, 1.54) is 12.1 Å². The Balaban J connectivity index is 1.86. The van der Waals surface area contributed by atoms with Gasteiger partial charge in [-0.05, 0) is 42.2 Å². The van der Waals surface area contributed by atoms with Crippen LogP contribution in [0.15, 0.2) is 36.4 Å². The van der Waals surface area contributed by atoms with E-state index in [4.69, 9.17) is 25.8 Å². The number of ether oxygens (including phenoxy) is 3. The molecule has 1 N–H and O–H groups in total. The first-order chi connectivity index (χ1) is 13.0. The minimum atomic E-state index is -5.09. The number of nitrogens with one attached hydrogen (secondary N) is 1. The molecular weight excluding hydrogens is 399 g/mol. The van der Waals surface area contributed by atoms with Gasteiger partial charge in [0.25, 0.3) is 0 Å². The monoisotopic (exact) mass is 415 g/mol. The van der Waals surface area contributed by atoms with Crippen LogP contribution in [0.5, 0.6) is 17.2 Å². The van der Waals surface area contributed by atoms with Gasteiger partial charge in [-0.2, -0.15) is 13.2 Å². The first-order valence-electron chi connectivity index (χ1n) is 8.35. The highest BCUT2D eigenvalue weighted by Gasteiger charge is 2.66. The van der Waals surface area contributed by atoms with Gasteiger partial charge in [0.1, 0.15) is 5.75 Å². The van der Waals surface area contributed by atoms with Crippen molar-refractivity contribution in [3.63, 3.8) is 0 Å². The Morgan fingerprint density at radius 1 is 1.14 bits per heavy atom. The van der Waals surface area contributed by atoms with Crippen LogP contribution in [-0.2, 0) is 0 Å². The summed E-state index contributed by atoms with van der Waals surface area (Å²) in [6.07, 6.45) is -6.46. The van der Waals surface area contributed by atoms with Crippen LogP contribution in [0.1, 0.15) is 30.9 Å². The Labute approximate surface area is 164 Å². The van der Waals surface area contributed by atoms with Crippen molar-refractivity contribution in [2.45, 2.75) is 38.8 Å². The Kier molecular flexibility index (Phi) is 5.10. The van der Waals surface area contributed by atoms with E-state index in [9.17, 15) is 18.0 Å². The van der Waals surface area contributed by atoms with Gasteiger partial charge in [0.05, 0.1) is 0 Å². The molecule has 28 heavy (non-hydrogen) atoms. The zero-order valence-corrected chi connectivity index (χ0v) is 15.9. The van der Waals surface area contributed by atoms with Gasteiger partial charge in [0, 0.05) is 11.1 Å². The normalized spacial score (nSPS) is 18.3. The van der Waals surface area contributed by atoms with Gasteiger partial charge >= 0.3 is 18.2 Å². The number of hydrogen-bond acceptors (Lipinski definition) is 4. The average molecular weight is 416 g/mol. The summed E-state index contributed by atoms with van der Waals surface area (Å²) in [5, 5.41) is 1.82. The number of benzene rings is 2. The number of fused-ring (bicyclic) bond motifs is 1. The highest BCUT2D eigenvalue weighted by atomic mass is 35.5. The van der Waals surface area contributed by atoms with Crippen molar-refractivity contribution < 1.29 is 32.2 Å². The molecule has 0 radical (unpaired) electrons. The van der Waals surface area contributed by atoms with Crippen molar-refractivity contribution >= 4 is 17.7 Å². The zero-order valence-electron chi connectivity index (χ0n) is 15.2. The van der Waals surface area contributed by atoms with Crippen molar-refractivity contribution in [1.29, 1.82) is 0 Å². The van der Waals surface area contributed by atoms with Gasteiger partial charge in [-0.25, -0.2) is 10.1 Å². The largest absolute Gasteiger partial charge is 0.492 e. The van der Waals surface area contributed by atoms with E-state index in [0.29, 0.717) is 5.56 Å². The highest BCUT2D eigenvalue weighted by Crippen LogP contribution is 2.46. The van der Waals surface area contributed by atoms with E-state index in [-0.39, 0.29) is 28.2 Å². The standard InChI is InChI=1S/C19H17ClF3NO4/c1-10(2)13-6-4-11(3)8-15(13)26-17(25)24-19(18(21,22)23)27-14-7-5-12(20)9-16(14)28-19/h4-10H,1-3H3,(H,24,25)/t19-/m1/s1. The molecule has 1 aliphatic heterocycles. The third kappa shape index (κ3) is 3.82. The summed E-state index contributed by atoms with van der Waals surface area (Å²) in [7, 11) is 0. The van der Waals surface area contributed by atoms with Gasteiger partial charge in [0.2, 0.25) is 0 Å². The molecule has 5 nitrogen and oxygen atoms in total. The third-order valence-electron chi connectivity index (χ3n) is 4.05. The lowest BCUT2D eigenvalue weighted by Crippen LogP contribution is -2.65. The van der Waals surface area contributed by atoms with Crippen LogP contribution < -0.4 is 19.5 Å². The molecule has 0 saturated heterocycles. The predicted octanol–water partition coefficient (Wildman–Crippen LogP) is 5.55. The lowest BCUT2D eigenvalue weighted by Gasteiger charge is -2.29. The van der Waals surface area contributed by atoms with Gasteiger partial charge in [-0.15, -0.1) is 0 Å². The molecule has 3 rings (SSSR count). The summed E-state index contributed by atoms with van der Waals surface area (Å²) in [5.74, 6) is -3.73. The van der Waals surface area contributed by atoms with E-state index in [1.54, 1.807) is 24.4 Å². The van der Waals surface area contributed by atoms with Crippen LogP contribution in [0.4, 0.5) is 18.0 Å². The molecule has 0 saturated carbocycles. The van der Waals surface area contributed by atoms with E-state index < -0.39 is 18.2 Å². The fourth-order valence-corrected chi connectivity index (χ4v) is 2.84. The molecule has 150 valence electrons. The van der Waals surface area contributed by atoms with Gasteiger partial charge < -0.3 is 14.2 Å². The van der Waals surface area contributed by atoms with Crippen LogP contribution in [0.25, 0.3) is 0 Å². The van der Waals surface area contributed by atoms with E-state index in [1.807, 2.05) is 19.9 Å². The molecule has 1 aliphatic rings. The zero-order chi connectivity index (χ0) is 20.7. The number of amides is 1. The van der Waals surface area contributed by atoms with Crippen LogP contribution in [0.3, 0.4) is 0 Å². The molecule has 2 aromatic carbocycles. The highest BCUT2D eigenvalue weighted by molar-refractivity contribution is 6.30. The Hall–Kier alpha value is -2.61. The van der Waals surface area contributed by atoms with Crippen molar-refractivity contribution in [1.82, 2.24) is 5.32 Å². The average Bonchev–Trinajstić information content (AvgIpc) is 2.92. The molecule has 0 bridgehead atoms. The lowest BCUT2D eigenvalue weighted by molar-refractivity contribution is -0.318. The Morgan fingerprint density at radius 3 is 2.46 bits per heavy atom. The molecule has 0 aliphatic carbocycles. The lowest BCUT2D eigenvalue weighted by atomic mass is 10.0. The fraction of sp³-hybridized carbons (Fsp3) is 0.316. The number of aryl methyl sites for hydroxylation is 1. The summed E-state index contributed by atoms with van der Waals surface area (Å²) in [5.41, 5.74) is 1.46. The van der Waals surface area contributed by atoms with Gasteiger partial charge in [-0.1, -0.05) is 37.6 Å². The number of carbonyl (C=O) groups excluding carboxylic acids is 1. The second-order valence-corrected chi connectivity index (χ2v) is 7.06. The van der Waals surface area contributed by atoms with Gasteiger partial charge in [0.15, 0.2) is 11.5 Å². The molecular formula is C19H17ClF3NO4. The van der Waals surface area contributed by atoms with Crippen LogP contribution in [0, 0.1) is 6.92 Å². The number of rotatable bonds is 3. The summed E-state index contributed by atoms with van der Waals surface area (Å²) < 4.78 is 56.1. The van der Waals surface area contributed by atoms with Crippen molar-refractivity contribution in [3.05, 3.63) is 52.5 Å². The number of halogens is 4. The van der Waals surface area contributed by atoms with Crippen LogP contribution in [-0.4, -0.2) is 18.2 Å². The maximum atomic E-state index is 13.7. The van der Waals surface area contributed by atoms with Crippen LogP contribution >= 0.6 is 11.6 Å². The number of hydrogen-bond donors (Lipinski definition) is 1. The fourth-order valence-electron chi connectivity index (χ4n) is 2.68. The maximum absolute atomic E-state index is 13.7. The summed E-state index contributed by atoms with van der Waals surface area (Å²) in [6, 6.07) is 8.87. The Bertz CT molecular complexity index is 917. The minimum absolute atomic E-state index is 0.00893. The van der Waals surface area contributed by atoms with E-state index in [0.717, 1.165) is 11.6 Å². The molecule has 0 fully saturated rings. The molecule has 0 spiro atoms. The summed E-state index contributed by atoms with van der Waals surface area (Å²) in [4.78, 5) is 12.3. The molecule has 1 heterocycles. The number of carbonyl (C=O) groups is 1. The van der Waals surface area contributed by atoms with Crippen molar-refractivity contribution in [2.24, 2.45) is 0 Å². The van der Waals surface area contributed by atoms with E-state index in [2.05, 4.69) is 0 Å². The van der Waals surface area contributed by atoms with Crippen molar-refractivity contribution in [2.75, 3.05) is 0 Å². The third-order valence-corrected chi connectivity index (χ3v) is 4.28. The molecule has 9 heteroatoms. The predicted molar refractivity (Wildman–Crippen MR) is 95.9 cm³/mol. The first kappa shape index (κ1) is 20.1. The SMILES string of the molecule is Cc1ccc(C(C)C)c(OC(=O)N[C@]2(C(F)(F)F)Oc3ccc(Cl)cc3O2)c1. The molecule has 0 unspecified atom stereocenters. The van der Waals surface area contributed by atoms with Crippen molar-refractivity contribution in [3.8, 4) is 17.2 Å². The molecule has 1 atom stereocenters. The smallest absolute Gasteiger partial charge is 0.424 e. The quantitative estimate of drug-likeness (QED) is 0.714. The van der Waals surface area contributed by atoms with Gasteiger partial charge in [-0.3, -0.25) is 0 Å². The second-order valence-electron chi connectivity index (χ2n) is 6.62.